The Bertz CT molecular complexity index is 863. The predicted octanol–water partition coefficient (Wildman–Crippen LogP) is 3.33. The first kappa shape index (κ1) is 22.0. The lowest BCUT2D eigenvalue weighted by atomic mass is 9.67. The van der Waals surface area contributed by atoms with Gasteiger partial charge in [-0.3, -0.25) is 19.2 Å². The number of unbranched alkanes of at least 4 members (excludes halogenated alkanes) is 2. The van der Waals surface area contributed by atoms with Crippen molar-refractivity contribution in [1.29, 1.82) is 0 Å². The highest BCUT2D eigenvalue weighted by atomic mass is 16.6. The molecule has 1 aliphatic carbocycles. The number of esters is 2. The number of ether oxygens (including phenoxy) is 3. The van der Waals surface area contributed by atoms with Crippen LogP contribution in [0.1, 0.15) is 59.8 Å². The zero-order valence-corrected chi connectivity index (χ0v) is 17.9. The van der Waals surface area contributed by atoms with Crippen LogP contribution in [-0.4, -0.2) is 35.2 Å². The van der Waals surface area contributed by atoms with E-state index in [0.29, 0.717) is 29.7 Å². The maximum absolute atomic E-state index is 12.9. The third-order valence-corrected chi connectivity index (χ3v) is 5.82. The van der Waals surface area contributed by atoms with Gasteiger partial charge >= 0.3 is 11.9 Å². The van der Waals surface area contributed by atoms with Crippen LogP contribution in [0.3, 0.4) is 0 Å². The fourth-order valence-electron chi connectivity index (χ4n) is 4.37. The summed E-state index contributed by atoms with van der Waals surface area (Å²) in [7, 11) is 0. The van der Waals surface area contributed by atoms with Crippen molar-refractivity contribution < 1.29 is 33.4 Å². The molecule has 1 fully saturated rings. The molecule has 0 amide bonds. The number of ketones is 2. The zero-order chi connectivity index (χ0) is 22.1. The zero-order valence-electron chi connectivity index (χ0n) is 17.9. The van der Waals surface area contributed by atoms with Crippen molar-refractivity contribution in [3.8, 4) is 0 Å². The molecule has 0 aromatic rings. The Labute approximate surface area is 176 Å². The molecule has 0 saturated carbocycles. The van der Waals surface area contributed by atoms with Crippen molar-refractivity contribution in [3.63, 3.8) is 0 Å². The normalized spacial score (nSPS) is 28.2. The first-order valence-corrected chi connectivity index (χ1v) is 10.4. The maximum atomic E-state index is 12.9. The Morgan fingerprint density at radius 2 is 1.97 bits per heavy atom. The Morgan fingerprint density at radius 1 is 1.23 bits per heavy atom. The maximum Gasteiger partial charge on any atom is 0.318 e. The molecule has 30 heavy (non-hydrogen) atoms. The molecule has 0 spiro atoms. The third-order valence-electron chi connectivity index (χ3n) is 5.82. The number of hydrogen-bond donors (Lipinski definition) is 0. The van der Waals surface area contributed by atoms with E-state index in [-0.39, 0.29) is 24.0 Å². The van der Waals surface area contributed by atoms with Crippen molar-refractivity contribution in [1.82, 2.24) is 0 Å². The van der Waals surface area contributed by atoms with Crippen LogP contribution in [0.25, 0.3) is 0 Å². The van der Waals surface area contributed by atoms with Crippen LogP contribution in [0.2, 0.25) is 0 Å². The first-order chi connectivity index (χ1) is 14.2. The van der Waals surface area contributed by atoms with Crippen molar-refractivity contribution in [2.75, 3.05) is 0 Å². The molecule has 3 rings (SSSR count). The highest BCUT2D eigenvalue weighted by Gasteiger charge is 2.62. The molecule has 0 unspecified atom stereocenters. The van der Waals surface area contributed by atoms with E-state index in [1.54, 1.807) is 19.9 Å². The Kier molecular flexibility index (Phi) is 6.29. The van der Waals surface area contributed by atoms with Crippen LogP contribution in [-0.2, 0) is 33.4 Å². The van der Waals surface area contributed by atoms with Gasteiger partial charge in [0.1, 0.15) is 23.6 Å². The predicted molar refractivity (Wildman–Crippen MR) is 107 cm³/mol. The van der Waals surface area contributed by atoms with Gasteiger partial charge in [0.05, 0.1) is 12.2 Å². The monoisotopic (exact) mass is 416 g/mol. The fraction of sp³-hybridized carbons (Fsp3) is 0.565. The van der Waals surface area contributed by atoms with E-state index in [0.717, 1.165) is 12.8 Å². The van der Waals surface area contributed by atoms with Crippen molar-refractivity contribution in [2.24, 2.45) is 11.8 Å². The molecule has 7 heteroatoms. The summed E-state index contributed by atoms with van der Waals surface area (Å²) in [5.41, 5.74) is -0.193. The fourth-order valence-corrected chi connectivity index (χ4v) is 4.37. The van der Waals surface area contributed by atoms with Crippen molar-refractivity contribution >= 4 is 23.5 Å². The van der Waals surface area contributed by atoms with Gasteiger partial charge in [0.25, 0.3) is 0 Å². The number of hydrogen-bond acceptors (Lipinski definition) is 7. The number of carbonyl (C=O) groups excluding carboxylic acids is 4. The Hall–Kier alpha value is -2.70. The van der Waals surface area contributed by atoms with E-state index in [9.17, 15) is 19.2 Å². The summed E-state index contributed by atoms with van der Waals surface area (Å²) in [6.45, 7) is 6.69. The van der Waals surface area contributed by atoms with E-state index in [1.165, 1.54) is 19.3 Å². The molecule has 0 radical (unpaired) electrons. The Morgan fingerprint density at radius 3 is 2.63 bits per heavy atom. The van der Waals surface area contributed by atoms with Gasteiger partial charge in [-0.05, 0) is 38.0 Å². The van der Waals surface area contributed by atoms with Gasteiger partial charge < -0.3 is 14.2 Å². The highest BCUT2D eigenvalue weighted by molar-refractivity contribution is 6.09. The molecule has 1 saturated heterocycles. The second kappa shape index (κ2) is 8.58. The topological polar surface area (TPSA) is 96.0 Å². The van der Waals surface area contributed by atoms with Crippen LogP contribution in [0.5, 0.6) is 0 Å². The molecule has 2 aliphatic heterocycles. The van der Waals surface area contributed by atoms with Gasteiger partial charge in [0, 0.05) is 25.3 Å². The van der Waals surface area contributed by atoms with Gasteiger partial charge in [-0.2, -0.15) is 0 Å². The van der Waals surface area contributed by atoms with Crippen molar-refractivity contribution in [3.05, 3.63) is 35.3 Å². The number of allylic oxidation sites excluding steroid dienone is 2. The summed E-state index contributed by atoms with van der Waals surface area (Å²) in [5, 5.41) is 0. The largest absolute Gasteiger partial charge is 0.469 e. The highest BCUT2D eigenvalue weighted by Crippen LogP contribution is 2.50. The van der Waals surface area contributed by atoms with Gasteiger partial charge in [-0.1, -0.05) is 19.8 Å². The van der Waals surface area contributed by atoms with E-state index in [1.807, 2.05) is 6.92 Å². The van der Waals surface area contributed by atoms with Gasteiger partial charge in [-0.25, -0.2) is 0 Å². The molecule has 0 bridgehead atoms. The first-order valence-electron chi connectivity index (χ1n) is 10.4. The molecule has 0 N–H and O–H groups in total. The summed E-state index contributed by atoms with van der Waals surface area (Å²) in [4.78, 5) is 49.5. The quantitative estimate of drug-likeness (QED) is 0.340. The standard InChI is InChI=1S/C23H28O7/c1-5-6-7-8-18(25)20-21-17-12-28-16(9-13(2)29-14(3)24)10-15(17)11-19(26)23(21,4)30-22(20)27/h10-13,20-21H,5-9H2,1-4H3/t13-,20+,21+,23+/m1/s1. The minimum Gasteiger partial charge on any atom is -0.469 e. The lowest BCUT2D eigenvalue weighted by Gasteiger charge is -2.35. The van der Waals surface area contributed by atoms with E-state index in [2.05, 4.69) is 0 Å². The second-order valence-electron chi connectivity index (χ2n) is 8.30. The summed E-state index contributed by atoms with van der Waals surface area (Å²) in [6, 6.07) is 0. The van der Waals surface area contributed by atoms with Crippen LogP contribution < -0.4 is 0 Å². The lowest BCUT2D eigenvalue weighted by Crippen LogP contribution is -2.46. The second-order valence-corrected chi connectivity index (χ2v) is 8.30. The van der Waals surface area contributed by atoms with Crippen LogP contribution in [0.15, 0.2) is 35.3 Å². The minimum absolute atomic E-state index is 0.199. The number of fused-ring (bicyclic) bond motifs is 3. The molecule has 2 heterocycles. The number of rotatable bonds is 8. The molecule has 0 aromatic heterocycles. The lowest BCUT2D eigenvalue weighted by molar-refractivity contribution is -0.156. The molecule has 7 nitrogen and oxygen atoms in total. The van der Waals surface area contributed by atoms with Crippen LogP contribution >= 0.6 is 0 Å². The van der Waals surface area contributed by atoms with Gasteiger partial charge in [0.15, 0.2) is 11.4 Å². The molecule has 0 aromatic carbocycles. The SMILES string of the molecule is CCCCCC(=O)[C@@H]1C(=O)O[C@@]2(C)C(=O)C=C3C=C(C[C@@H](C)OC(C)=O)OC=C3[C@@H]12. The minimum atomic E-state index is -1.41. The van der Waals surface area contributed by atoms with Gasteiger partial charge in [0.2, 0.25) is 0 Å². The van der Waals surface area contributed by atoms with E-state index >= 15 is 0 Å². The van der Waals surface area contributed by atoms with E-state index in [4.69, 9.17) is 14.2 Å². The molecule has 3 aliphatic rings. The smallest absolute Gasteiger partial charge is 0.318 e. The summed E-state index contributed by atoms with van der Waals surface area (Å²) >= 11 is 0. The average Bonchev–Trinajstić information content (AvgIpc) is 2.93. The summed E-state index contributed by atoms with van der Waals surface area (Å²) in [5.74, 6) is -2.77. The molecule has 162 valence electrons. The summed E-state index contributed by atoms with van der Waals surface area (Å²) in [6.07, 6.45) is 7.42. The summed E-state index contributed by atoms with van der Waals surface area (Å²) < 4.78 is 16.3. The van der Waals surface area contributed by atoms with Gasteiger partial charge in [-0.15, -0.1) is 0 Å². The van der Waals surface area contributed by atoms with Crippen LogP contribution in [0.4, 0.5) is 0 Å². The molecular weight excluding hydrogens is 388 g/mol. The average molecular weight is 416 g/mol. The number of carbonyl (C=O) groups is 4. The van der Waals surface area contributed by atoms with E-state index < -0.39 is 29.5 Å². The van der Waals surface area contributed by atoms with Crippen molar-refractivity contribution in [2.45, 2.75) is 71.5 Å². The molecule has 4 atom stereocenters. The Balaban J connectivity index is 1.86. The number of Topliss-reactive ketones (excluding diaryl/α,β-unsaturated/α-hetero) is 1. The third kappa shape index (κ3) is 4.11. The molecular formula is C23H28O7. The van der Waals surface area contributed by atoms with Crippen LogP contribution in [0, 0.1) is 11.8 Å².